The molecule has 0 saturated carbocycles. The summed E-state index contributed by atoms with van der Waals surface area (Å²) in [5.41, 5.74) is 4.60. The summed E-state index contributed by atoms with van der Waals surface area (Å²) in [6.07, 6.45) is 0. The Bertz CT molecular complexity index is 1200. The van der Waals surface area contributed by atoms with Gasteiger partial charge < -0.3 is 14.5 Å². The number of hydrogen-bond donors (Lipinski definition) is 0. The van der Waals surface area contributed by atoms with Crippen molar-refractivity contribution in [3.8, 4) is 11.5 Å². The highest BCUT2D eigenvalue weighted by molar-refractivity contribution is 6.01. The number of fused-ring (bicyclic) bond motifs is 6. The number of carbonyl (C=O) groups is 1. The topological polar surface area (TPSA) is 45.2 Å². The van der Waals surface area contributed by atoms with Crippen LogP contribution in [0.25, 0.3) is 0 Å². The van der Waals surface area contributed by atoms with Gasteiger partial charge in [-0.25, -0.2) is 0 Å². The van der Waals surface area contributed by atoms with Crippen molar-refractivity contribution in [1.82, 2.24) is 5.06 Å². The van der Waals surface area contributed by atoms with Crippen LogP contribution in [-0.4, -0.2) is 44.3 Å². The molecule has 3 aromatic rings. The molecule has 0 unspecified atom stereocenters. The number of amides is 1. The maximum Gasteiger partial charge on any atom is 0.279 e. The summed E-state index contributed by atoms with van der Waals surface area (Å²) in [6.45, 7) is 12.2. The molecular formula is C29H33N3O3. The second-order valence-electron chi connectivity index (χ2n) is 8.85. The highest BCUT2D eigenvalue weighted by Gasteiger charge is 2.57. The van der Waals surface area contributed by atoms with Crippen LogP contribution in [0.5, 0.6) is 11.5 Å². The maximum absolute atomic E-state index is 13.6. The summed E-state index contributed by atoms with van der Waals surface area (Å²) in [7, 11) is 1.56. The van der Waals surface area contributed by atoms with Crippen molar-refractivity contribution in [3.05, 3.63) is 82.9 Å². The number of hydrogen-bond acceptors (Lipinski definition) is 5. The van der Waals surface area contributed by atoms with Crippen molar-refractivity contribution in [1.29, 1.82) is 0 Å². The van der Waals surface area contributed by atoms with Gasteiger partial charge in [0, 0.05) is 71.9 Å². The zero-order chi connectivity index (χ0) is 24.7. The van der Waals surface area contributed by atoms with Crippen molar-refractivity contribution < 1.29 is 14.4 Å². The molecule has 0 radical (unpaired) electrons. The van der Waals surface area contributed by atoms with Crippen LogP contribution in [0.2, 0.25) is 0 Å². The molecule has 6 nitrogen and oxygen atoms in total. The largest absolute Gasteiger partial charge is 0.456 e. The molecule has 6 heteroatoms. The minimum atomic E-state index is -0.936. The van der Waals surface area contributed by atoms with E-state index < -0.39 is 5.54 Å². The first kappa shape index (κ1) is 23.2. The molecule has 0 saturated heterocycles. The molecule has 5 rings (SSSR count). The highest BCUT2D eigenvalue weighted by atomic mass is 16.7. The molecule has 2 heterocycles. The minimum Gasteiger partial charge on any atom is -0.456 e. The summed E-state index contributed by atoms with van der Waals surface area (Å²) < 4.78 is 6.62. The smallest absolute Gasteiger partial charge is 0.279 e. The van der Waals surface area contributed by atoms with E-state index in [1.165, 1.54) is 5.06 Å². The van der Waals surface area contributed by atoms with Crippen molar-refractivity contribution in [2.24, 2.45) is 0 Å². The summed E-state index contributed by atoms with van der Waals surface area (Å²) in [6, 6.07) is 20.4. The second-order valence-corrected chi connectivity index (χ2v) is 8.85. The number of rotatable bonds is 7. The predicted octanol–water partition coefficient (Wildman–Crippen LogP) is 5.79. The first-order valence-electron chi connectivity index (χ1n) is 12.5. The van der Waals surface area contributed by atoms with E-state index >= 15 is 0 Å². The van der Waals surface area contributed by atoms with Gasteiger partial charge in [0.15, 0.2) is 5.54 Å². The van der Waals surface area contributed by atoms with Crippen LogP contribution in [0.3, 0.4) is 0 Å². The van der Waals surface area contributed by atoms with E-state index in [1.54, 1.807) is 7.11 Å². The van der Waals surface area contributed by atoms with Gasteiger partial charge in [0.25, 0.3) is 5.91 Å². The van der Waals surface area contributed by atoms with E-state index in [0.29, 0.717) is 5.56 Å². The first-order chi connectivity index (χ1) is 17.0. The van der Waals surface area contributed by atoms with Crippen LogP contribution in [0, 0.1) is 0 Å². The third kappa shape index (κ3) is 3.23. The predicted molar refractivity (Wildman–Crippen MR) is 140 cm³/mol. The number of carbonyl (C=O) groups excluding carboxylic acids is 1. The van der Waals surface area contributed by atoms with Gasteiger partial charge in [0.1, 0.15) is 11.5 Å². The summed E-state index contributed by atoms with van der Waals surface area (Å²) in [4.78, 5) is 24.0. The Balaban J connectivity index is 1.82. The van der Waals surface area contributed by atoms with E-state index in [0.717, 1.165) is 65.7 Å². The van der Waals surface area contributed by atoms with Gasteiger partial charge in [0.05, 0.1) is 7.11 Å². The number of ether oxygens (including phenoxy) is 1. The van der Waals surface area contributed by atoms with Gasteiger partial charge in [-0.1, -0.05) is 30.3 Å². The normalized spacial score (nSPS) is 14.9. The van der Waals surface area contributed by atoms with Gasteiger partial charge in [-0.15, -0.1) is 0 Å². The third-order valence-corrected chi connectivity index (χ3v) is 7.41. The highest BCUT2D eigenvalue weighted by Crippen LogP contribution is 2.58. The number of hydroxylamine groups is 2. The van der Waals surface area contributed by atoms with Crippen LogP contribution in [0.15, 0.2) is 60.7 Å². The molecule has 2 aliphatic heterocycles. The molecule has 0 bridgehead atoms. The van der Waals surface area contributed by atoms with Gasteiger partial charge in [-0.3, -0.25) is 9.63 Å². The zero-order valence-electron chi connectivity index (χ0n) is 21.2. The fourth-order valence-electron chi connectivity index (χ4n) is 5.71. The molecule has 1 spiro atoms. The Labute approximate surface area is 207 Å². The summed E-state index contributed by atoms with van der Waals surface area (Å²) in [5, 5.41) is 1.52. The summed E-state index contributed by atoms with van der Waals surface area (Å²) >= 11 is 0. The molecule has 0 fully saturated rings. The Morgan fingerprint density at radius 3 is 1.77 bits per heavy atom. The lowest BCUT2D eigenvalue weighted by molar-refractivity contribution is -0.136. The quantitative estimate of drug-likeness (QED) is 0.436. The molecule has 2 aliphatic rings. The second kappa shape index (κ2) is 8.93. The van der Waals surface area contributed by atoms with Crippen molar-refractivity contribution >= 4 is 17.3 Å². The van der Waals surface area contributed by atoms with E-state index in [4.69, 9.17) is 9.57 Å². The Kier molecular flexibility index (Phi) is 5.93. The lowest BCUT2D eigenvalue weighted by Gasteiger charge is -2.43. The Morgan fingerprint density at radius 1 is 0.771 bits per heavy atom. The molecule has 0 atom stereocenters. The van der Waals surface area contributed by atoms with Crippen molar-refractivity contribution in [2.45, 2.75) is 33.2 Å². The molecule has 0 N–H and O–H groups in total. The summed E-state index contributed by atoms with van der Waals surface area (Å²) in [5.74, 6) is 1.33. The Hall–Kier alpha value is -3.51. The van der Waals surface area contributed by atoms with Crippen LogP contribution in [0.4, 0.5) is 11.4 Å². The van der Waals surface area contributed by atoms with E-state index in [1.807, 2.05) is 24.3 Å². The van der Waals surface area contributed by atoms with Crippen LogP contribution < -0.4 is 14.5 Å². The fraction of sp³-hybridized carbons (Fsp3) is 0.345. The molecule has 0 aromatic heterocycles. The molecular weight excluding hydrogens is 438 g/mol. The Morgan fingerprint density at radius 2 is 1.29 bits per heavy atom. The van der Waals surface area contributed by atoms with Gasteiger partial charge >= 0.3 is 0 Å². The van der Waals surface area contributed by atoms with Crippen molar-refractivity contribution in [2.75, 3.05) is 43.1 Å². The van der Waals surface area contributed by atoms with E-state index in [2.05, 4.69) is 73.9 Å². The first-order valence-corrected chi connectivity index (χ1v) is 12.5. The lowest BCUT2D eigenvalue weighted by atomic mass is 9.75. The third-order valence-electron chi connectivity index (χ3n) is 7.41. The van der Waals surface area contributed by atoms with Gasteiger partial charge in [-0.05, 0) is 45.9 Å². The van der Waals surface area contributed by atoms with Gasteiger partial charge in [0.2, 0.25) is 0 Å². The average molecular weight is 472 g/mol. The van der Waals surface area contributed by atoms with Crippen LogP contribution in [-0.2, 0) is 10.4 Å². The SMILES string of the molecule is CCN(CC)c1ccc2c(c1)Oc1cc(N(CC)CC)ccc1C21c2ccccc2C(=O)N1OC. The molecule has 0 aliphatic carbocycles. The molecule has 3 aromatic carbocycles. The fourth-order valence-corrected chi connectivity index (χ4v) is 5.71. The number of benzene rings is 3. The molecule has 182 valence electrons. The standard InChI is InChI=1S/C29H33N3O3/c1-6-30(7-2)20-14-16-24-26(18-20)35-27-19-21(31(8-3)9-4)15-17-25(27)29(24)23-13-11-10-12-22(23)28(33)32(29)34-5/h10-19H,6-9H2,1-5H3. The van der Waals surface area contributed by atoms with Crippen LogP contribution >= 0.6 is 0 Å². The lowest BCUT2D eigenvalue weighted by Crippen LogP contribution is -2.46. The number of anilines is 2. The maximum atomic E-state index is 13.6. The average Bonchev–Trinajstić information content (AvgIpc) is 3.14. The molecule has 35 heavy (non-hydrogen) atoms. The van der Waals surface area contributed by atoms with Crippen LogP contribution in [0.1, 0.15) is 54.7 Å². The number of nitrogens with zero attached hydrogens (tertiary/aromatic N) is 3. The molecule has 1 amide bonds. The van der Waals surface area contributed by atoms with Crippen molar-refractivity contribution in [3.63, 3.8) is 0 Å². The van der Waals surface area contributed by atoms with Gasteiger partial charge in [-0.2, -0.15) is 5.06 Å². The van der Waals surface area contributed by atoms with E-state index in [9.17, 15) is 4.79 Å². The van der Waals surface area contributed by atoms with E-state index in [-0.39, 0.29) is 5.91 Å². The monoisotopic (exact) mass is 471 g/mol. The zero-order valence-corrected chi connectivity index (χ0v) is 21.2. The minimum absolute atomic E-state index is 0.150.